The summed E-state index contributed by atoms with van der Waals surface area (Å²) in [5, 5.41) is 0. The molecule has 0 spiro atoms. The van der Waals surface area contributed by atoms with E-state index in [9.17, 15) is 4.79 Å². The fourth-order valence-corrected chi connectivity index (χ4v) is 1.75. The molecular formula is C9H16O2. The molecule has 3 atom stereocenters. The molecule has 0 unspecified atom stereocenters. The van der Waals surface area contributed by atoms with Gasteiger partial charge in [0.15, 0.2) is 0 Å². The van der Waals surface area contributed by atoms with Crippen LogP contribution in [0, 0.1) is 5.92 Å². The number of hydrogen-bond acceptors (Lipinski definition) is 2. The molecule has 0 radical (unpaired) electrons. The second-order valence-corrected chi connectivity index (χ2v) is 3.44. The van der Waals surface area contributed by atoms with Crippen LogP contribution in [0.1, 0.15) is 33.1 Å². The van der Waals surface area contributed by atoms with Gasteiger partial charge in [0.25, 0.3) is 0 Å². The van der Waals surface area contributed by atoms with Crippen LogP contribution in [0.25, 0.3) is 0 Å². The van der Waals surface area contributed by atoms with Crippen molar-refractivity contribution in [2.45, 2.75) is 45.3 Å². The van der Waals surface area contributed by atoms with Gasteiger partial charge in [-0.3, -0.25) is 0 Å². The van der Waals surface area contributed by atoms with E-state index in [0.717, 1.165) is 19.1 Å². The summed E-state index contributed by atoms with van der Waals surface area (Å²) < 4.78 is 5.62. The lowest BCUT2D eigenvalue weighted by Gasteiger charge is -2.12. The number of hydrogen-bond donors (Lipinski definition) is 0. The summed E-state index contributed by atoms with van der Waals surface area (Å²) in [6, 6.07) is 0. The molecule has 1 aliphatic heterocycles. The Morgan fingerprint density at radius 1 is 1.55 bits per heavy atom. The lowest BCUT2D eigenvalue weighted by Crippen LogP contribution is -2.13. The van der Waals surface area contributed by atoms with Gasteiger partial charge in [0.1, 0.15) is 6.29 Å². The fraction of sp³-hybridized carbons (Fsp3) is 0.889. The number of carbonyl (C=O) groups excluding carboxylic acids is 1. The van der Waals surface area contributed by atoms with Gasteiger partial charge in [-0.25, -0.2) is 0 Å². The Kier molecular flexibility index (Phi) is 3.06. The van der Waals surface area contributed by atoms with E-state index in [1.807, 2.05) is 0 Å². The molecule has 64 valence electrons. The van der Waals surface area contributed by atoms with Crippen molar-refractivity contribution < 1.29 is 9.53 Å². The minimum Gasteiger partial charge on any atom is -0.375 e. The Morgan fingerprint density at radius 3 is 2.73 bits per heavy atom. The maximum Gasteiger partial charge on any atom is 0.120 e. The minimum atomic E-state index is 0.329. The normalized spacial score (nSPS) is 37.5. The molecule has 1 heterocycles. The molecule has 0 bridgehead atoms. The van der Waals surface area contributed by atoms with Gasteiger partial charge < -0.3 is 9.53 Å². The zero-order valence-corrected chi connectivity index (χ0v) is 7.25. The van der Waals surface area contributed by atoms with Crippen molar-refractivity contribution >= 4 is 6.29 Å². The van der Waals surface area contributed by atoms with Crippen LogP contribution in [-0.4, -0.2) is 18.5 Å². The summed E-state index contributed by atoms with van der Waals surface area (Å²) in [5.74, 6) is 0.630. The van der Waals surface area contributed by atoms with Crippen LogP contribution < -0.4 is 0 Å². The monoisotopic (exact) mass is 156 g/mol. The molecule has 2 heteroatoms. The Balaban J connectivity index is 2.28. The van der Waals surface area contributed by atoms with Crippen molar-refractivity contribution in [2.75, 3.05) is 0 Å². The van der Waals surface area contributed by atoms with E-state index in [1.165, 1.54) is 0 Å². The highest BCUT2D eigenvalue weighted by Crippen LogP contribution is 2.28. The van der Waals surface area contributed by atoms with Gasteiger partial charge in [0.05, 0.1) is 12.2 Å². The van der Waals surface area contributed by atoms with Gasteiger partial charge in [-0.1, -0.05) is 6.92 Å². The zero-order chi connectivity index (χ0) is 8.27. The summed E-state index contributed by atoms with van der Waals surface area (Å²) in [6.07, 6.45) is 4.37. The molecule has 0 amide bonds. The standard InChI is InChI=1S/C9H16O2/c1-7-6-8(2)11-9(7)4-3-5-10/h5,7-9H,3-4,6H2,1-2H3/t7-,8+,9-/m1/s1. The molecule has 1 saturated heterocycles. The summed E-state index contributed by atoms with van der Waals surface area (Å²) in [4.78, 5) is 10.1. The zero-order valence-electron chi connectivity index (χ0n) is 7.25. The Hall–Kier alpha value is -0.370. The van der Waals surface area contributed by atoms with Crippen LogP contribution in [0.3, 0.4) is 0 Å². The summed E-state index contributed by atoms with van der Waals surface area (Å²) >= 11 is 0. The van der Waals surface area contributed by atoms with Crippen LogP contribution >= 0.6 is 0 Å². The quantitative estimate of drug-likeness (QED) is 0.582. The number of ether oxygens (including phenoxy) is 1. The molecule has 2 nitrogen and oxygen atoms in total. The first-order valence-electron chi connectivity index (χ1n) is 4.33. The lowest BCUT2D eigenvalue weighted by molar-refractivity contribution is -0.108. The predicted octanol–water partition coefficient (Wildman–Crippen LogP) is 1.78. The van der Waals surface area contributed by atoms with E-state index in [-0.39, 0.29) is 0 Å². The van der Waals surface area contributed by atoms with Crippen molar-refractivity contribution in [1.29, 1.82) is 0 Å². The largest absolute Gasteiger partial charge is 0.375 e. The molecule has 0 saturated carbocycles. The smallest absolute Gasteiger partial charge is 0.120 e. The van der Waals surface area contributed by atoms with Gasteiger partial charge in [-0.15, -0.1) is 0 Å². The van der Waals surface area contributed by atoms with E-state index >= 15 is 0 Å². The Labute approximate surface area is 67.9 Å². The number of carbonyl (C=O) groups is 1. The van der Waals surface area contributed by atoms with Gasteiger partial charge >= 0.3 is 0 Å². The van der Waals surface area contributed by atoms with Gasteiger partial charge in [-0.2, -0.15) is 0 Å². The van der Waals surface area contributed by atoms with E-state index in [1.54, 1.807) is 0 Å². The van der Waals surface area contributed by atoms with Crippen LogP contribution in [0.5, 0.6) is 0 Å². The van der Waals surface area contributed by atoms with Crippen LogP contribution in [0.15, 0.2) is 0 Å². The predicted molar refractivity (Wildman–Crippen MR) is 43.4 cm³/mol. The average Bonchev–Trinajstić information content (AvgIpc) is 2.26. The first-order valence-corrected chi connectivity index (χ1v) is 4.33. The second-order valence-electron chi connectivity index (χ2n) is 3.44. The number of rotatable bonds is 3. The summed E-state index contributed by atoms with van der Waals surface area (Å²) in [6.45, 7) is 4.29. The van der Waals surface area contributed by atoms with Gasteiger partial charge in [-0.05, 0) is 25.7 Å². The van der Waals surface area contributed by atoms with Crippen molar-refractivity contribution in [3.05, 3.63) is 0 Å². The third kappa shape index (κ3) is 2.29. The Morgan fingerprint density at radius 2 is 2.27 bits per heavy atom. The highest BCUT2D eigenvalue weighted by atomic mass is 16.5. The maximum atomic E-state index is 10.1. The van der Waals surface area contributed by atoms with Crippen LogP contribution in [0.4, 0.5) is 0 Å². The topological polar surface area (TPSA) is 26.3 Å². The van der Waals surface area contributed by atoms with Crippen molar-refractivity contribution in [2.24, 2.45) is 5.92 Å². The minimum absolute atomic E-state index is 0.329. The molecule has 0 aromatic rings. The van der Waals surface area contributed by atoms with Crippen molar-refractivity contribution in [3.63, 3.8) is 0 Å². The highest BCUT2D eigenvalue weighted by molar-refractivity contribution is 5.49. The maximum absolute atomic E-state index is 10.1. The summed E-state index contributed by atoms with van der Waals surface area (Å²) in [7, 11) is 0. The lowest BCUT2D eigenvalue weighted by atomic mass is 9.99. The van der Waals surface area contributed by atoms with Crippen LogP contribution in [0.2, 0.25) is 0 Å². The molecule has 1 fully saturated rings. The molecule has 0 aromatic heterocycles. The molecule has 0 aromatic carbocycles. The summed E-state index contributed by atoms with van der Waals surface area (Å²) in [5.41, 5.74) is 0. The third-order valence-electron chi connectivity index (χ3n) is 2.31. The molecule has 1 aliphatic rings. The van der Waals surface area contributed by atoms with E-state index < -0.39 is 0 Å². The average molecular weight is 156 g/mol. The van der Waals surface area contributed by atoms with Crippen molar-refractivity contribution in [3.8, 4) is 0 Å². The molecule has 0 N–H and O–H groups in total. The molecular weight excluding hydrogens is 140 g/mol. The highest BCUT2D eigenvalue weighted by Gasteiger charge is 2.28. The molecule has 11 heavy (non-hydrogen) atoms. The van der Waals surface area contributed by atoms with E-state index in [0.29, 0.717) is 24.5 Å². The number of aldehydes is 1. The van der Waals surface area contributed by atoms with Gasteiger partial charge in [0, 0.05) is 6.42 Å². The van der Waals surface area contributed by atoms with E-state index in [4.69, 9.17) is 4.74 Å². The Bertz CT molecular complexity index is 134. The first-order chi connectivity index (χ1) is 5.24. The molecule has 0 aliphatic carbocycles. The SMILES string of the molecule is C[C@@H]1C[C@H](C)O[C@@H]1CCC=O. The van der Waals surface area contributed by atoms with E-state index in [2.05, 4.69) is 13.8 Å². The fourth-order valence-electron chi connectivity index (χ4n) is 1.75. The third-order valence-corrected chi connectivity index (χ3v) is 2.31. The molecule has 1 rings (SSSR count). The first kappa shape index (κ1) is 8.72. The van der Waals surface area contributed by atoms with Gasteiger partial charge in [0.2, 0.25) is 0 Å². The van der Waals surface area contributed by atoms with Crippen LogP contribution in [-0.2, 0) is 9.53 Å². The van der Waals surface area contributed by atoms with Crippen molar-refractivity contribution in [1.82, 2.24) is 0 Å². The second kappa shape index (κ2) is 3.86.